The van der Waals surface area contributed by atoms with E-state index in [9.17, 15) is 4.79 Å². The molecule has 0 spiro atoms. The second kappa shape index (κ2) is 12.7. The SMILES string of the molecule is CCc1nc(-c2ccc(N3CCC[C@H](N[C@@H]4CCCC[C@H]4Nc4cc(-c5cccc(C(N)=O)c5)ccn4)C3)nc2)no1. The Morgan fingerprint density at radius 2 is 1.86 bits per heavy atom. The number of rotatable bonds is 9. The molecule has 1 aromatic carbocycles. The Morgan fingerprint density at radius 3 is 2.64 bits per heavy atom. The monoisotopic (exact) mass is 566 g/mol. The zero-order valence-electron chi connectivity index (χ0n) is 24.0. The first-order valence-corrected chi connectivity index (χ1v) is 15.0. The topological polar surface area (TPSA) is 135 Å². The first-order valence-electron chi connectivity index (χ1n) is 15.0. The van der Waals surface area contributed by atoms with Crippen molar-refractivity contribution < 1.29 is 9.32 Å². The van der Waals surface area contributed by atoms with Crippen LogP contribution >= 0.6 is 0 Å². The van der Waals surface area contributed by atoms with Gasteiger partial charge in [0.2, 0.25) is 17.6 Å². The molecule has 2 fully saturated rings. The fourth-order valence-corrected chi connectivity index (χ4v) is 6.08. The molecule has 1 saturated carbocycles. The van der Waals surface area contributed by atoms with Crippen LogP contribution in [0, 0.1) is 0 Å². The molecule has 218 valence electrons. The molecule has 4 N–H and O–H groups in total. The average molecular weight is 567 g/mol. The highest BCUT2D eigenvalue weighted by Crippen LogP contribution is 2.27. The molecule has 42 heavy (non-hydrogen) atoms. The quantitative estimate of drug-likeness (QED) is 0.260. The van der Waals surface area contributed by atoms with Crippen LogP contribution in [0.5, 0.6) is 0 Å². The standard InChI is InChI=1S/C32H38N8O2/c1-2-30-38-32(39-42-30)24-12-13-29(35-19-24)40-16-6-9-25(20-40)36-26-10-3-4-11-27(26)37-28-18-22(14-15-34-28)21-7-5-8-23(17-21)31(33)41/h5,7-8,12-15,17-19,25-27,36H,2-4,6,9-11,16,20H2,1H3,(H2,33,41)(H,34,37)/t25-,26+,27+/m0/s1. The summed E-state index contributed by atoms with van der Waals surface area (Å²) in [5.41, 5.74) is 8.81. The number of carbonyl (C=O) groups excluding carboxylic acids is 1. The van der Waals surface area contributed by atoms with Gasteiger partial charge >= 0.3 is 0 Å². The predicted molar refractivity (Wildman–Crippen MR) is 163 cm³/mol. The molecule has 4 heterocycles. The number of hydrogen-bond acceptors (Lipinski definition) is 9. The largest absolute Gasteiger partial charge is 0.366 e. The zero-order valence-corrected chi connectivity index (χ0v) is 24.0. The number of benzene rings is 1. The Labute approximate surface area is 246 Å². The number of pyridine rings is 2. The van der Waals surface area contributed by atoms with E-state index in [1.807, 2.05) is 49.6 Å². The maximum atomic E-state index is 11.7. The van der Waals surface area contributed by atoms with Crippen molar-refractivity contribution in [2.45, 2.75) is 70.0 Å². The molecule has 0 bridgehead atoms. The molecule has 10 heteroatoms. The lowest BCUT2D eigenvalue weighted by molar-refractivity contribution is 0.100. The zero-order chi connectivity index (χ0) is 28.9. The van der Waals surface area contributed by atoms with Crippen molar-refractivity contribution in [3.63, 3.8) is 0 Å². The van der Waals surface area contributed by atoms with Crippen molar-refractivity contribution in [1.82, 2.24) is 25.4 Å². The maximum absolute atomic E-state index is 11.7. The van der Waals surface area contributed by atoms with Gasteiger partial charge in [0, 0.05) is 61.2 Å². The lowest BCUT2D eigenvalue weighted by Crippen LogP contribution is -2.55. The Balaban J connectivity index is 1.10. The summed E-state index contributed by atoms with van der Waals surface area (Å²) in [5.74, 6) is 2.61. The number of nitrogens with one attached hydrogen (secondary N) is 2. The van der Waals surface area contributed by atoms with E-state index < -0.39 is 5.91 Å². The van der Waals surface area contributed by atoms with Crippen molar-refractivity contribution >= 4 is 17.5 Å². The molecule has 1 aliphatic carbocycles. The van der Waals surface area contributed by atoms with Gasteiger partial charge in [-0.2, -0.15) is 4.98 Å². The van der Waals surface area contributed by atoms with Crippen molar-refractivity contribution in [2.24, 2.45) is 5.73 Å². The summed E-state index contributed by atoms with van der Waals surface area (Å²) in [5, 5.41) is 11.8. The van der Waals surface area contributed by atoms with E-state index in [2.05, 4.69) is 42.8 Å². The van der Waals surface area contributed by atoms with E-state index in [0.29, 0.717) is 35.8 Å². The van der Waals surface area contributed by atoms with Gasteiger partial charge < -0.3 is 25.8 Å². The lowest BCUT2D eigenvalue weighted by Gasteiger charge is -2.40. The molecule has 4 aromatic rings. The molecule has 2 aliphatic rings. The van der Waals surface area contributed by atoms with E-state index in [0.717, 1.165) is 67.1 Å². The number of aryl methyl sites for hydroxylation is 1. The first-order chi connectivity index (χ1) is 20.6. The second-order valence-electron chi connectivity index (χ2n) is 11.2. The van der Waals surface area contributed by atoms with Gasteiger partial charge in [-0.05, 0) is 73.2 Å². The average Bonchev–Trinajstić information content (AvgIpc) is 3.52. The molecule has 0 radical (unpaired) electrons. The summed E-state index contributed by atoms with van der Waals surface area (Å²) in [7, 11) is 0. The summed E-state index contributed by atoms with van der Waals surface area (Å²) in [6.07, 6.45) is 11.3. The van der Waals surface area contributed by atoms with Gasteiger partial charge in [-0.1, -0.05) is 37.1 Å². The number of anilines is 2. The van der Waals surface area contributed by atoms with E-state index in [-0.39, 0.29) is 6.04 Å². The Kier molecular flexibility index (Phi) is 8.41. The molecular weight excluding hydrogens is 528 g/mol. The third kappa shape index (κ3) is 6.44. The summed E-state index contributed by atoms with van der Waals surface area (Å²) >= 11 is 0. The van der Waals surface area contributed by atoms with Gasteiger partial charge in [-0.25, -0.2) is 9.97 Å². The molecular formula is C32H38N8O2. The first kappa shape index (κ1) is 27.8. The minimum absolute atomic E-state index is 0.286. The van der Waals surface area contributed by atoms with Gasteiger partial charge in [0.05, 0.1) is 0 Å². The molecule has 3 atom stereocenters. The maximum Gasteiger partial charge on any atom is 0.248 e. The summed E-state index contributed by atoms with van der Waals surface area (Å²) < 4.78 is 5.25. The van der Waals surface area contributed by atoms with Gasteiger partial charge in [-0.15, -0.1) is 0 Å². The fourth-order valence-electron chi connectivity index (χ4n) is 6.08. The second-order valence-corrected chi connectivity index (χ2v) is 11.2. The normalized spacial score (nSPS) is 20.8. The van der Waals surface area contributed by atoms with Crippen LogP contribution in [0.25, 0.3) is 22.5 Å². The molecule has 1 amide bonds. The lowest BCUT2D eigenvalue weighted by atomic mass is 9.89. The Bertz CT molecular complexity index is 1500. The highest BCUT2D eigenvalue weighted by atomic mass is 16.5. The van der Waals surface area contributed by atoms with Crippen LogP contribution in [0.15, 0.2) is 65.4 Å². The number of nitrogens with two attached hydrogens (primary N) is 1. The van der Waals surface area contributed by atoms with E-state index in [1.54, 1.807) is 6.07 Å². The number of hydrogen-bond donors (Lipinski definition) is 3. The predicted octanol–water partition coefficient (Wildman–Crippen LogP) is 4.84. The van der Waals surface area contributed by atoms with Gasteiger partial charge in [0.15, 0.2) is 0 Å². The van der Waals surface area contributed by atoms with Crippen LogP contribution in [-0.2, 0) is 6.42 Å². The van der Waals surface area contributed by atoms with Crippen LogP contribution in [0.2, 0.25) is 0 Å². The third-order valence-electron chi connectivity index (χ3n) is 8.31. The number of piperidine rings is 1. The van der Waals surface area contributed by atoms with Crippen molar-refractivity contribution in [3.05, 3.63) is 72.4 Å². The highest BCUT2D eigenvalue weighted by molar-refractivity contribution is 5.94. The minimum Gasteiger partial charge on any atom is -0.366 e. The van der Waals surface area contributed by atoms with Crippen LogP contribution in [-0.4, -0.2) is 57.2 Å². The Hall–Kier alpha value is -4.31. The number of primary amides is 1. The van der Waals surface area contributed by atoms with Crippen LogP contribution in [0.1, 0.15) is 61.7 Å². The minimum atomic E-state index is -0.427. The summed E-state index contributed by atoms with van der Waals surface area (Å²) in [4.78, 5) is 27.8. The number of aromatic nitrogens is 4. The molecule has 10 nitrogen and oxygen atoms in total. The summed E-state index contributed by atoms with van der Waals surface area (Å²) in [6, 6.07) is 16.5. The van der Waals surface area contributed by atoms with Crippen LogP contribution < -0.4 is 21.3 Å². The molecule has 3 aromatic heterocycles. The number of nitrogens with zero attached hydrogens (tertiary/aromatic N) is 5. The molecule has 0 unspecified atom stereocenters. The number of amides is 1. The smallest absolute Gasteiger partial charge is 0.248 e. The molecule has 1 aliphatic heterocycles. The van der Waals surface area contributed by atoms with Gasteiger partial charge in [-0.3, -0.25) is 4.79 Å². The van der Waals surface area contributed by atoms with Gasteiger partial charge in [0.25, 0.3) is 0 Å². The third-order valence-corrected chi connectivity index (χ3v) is 8.31. The van der Waals surface area contributed by atoms with Crippen LogP contribution in [0.4, 0.5) is 11.6 Å². The summed E-state index contributed by atoms with van der Waals surface area (Å²) in [6.45, 7) is 3.91. The highest BCUT2D eigenvalue weighted by Gasteiger charge is 2.30. The fraction of sp³-hybridized carbons (Fsp3) is 0.406. The van der Waals surface area contributed by atoms with E-state index in [1.165, 1.54) is 12.8 Å². The Morgan fingerprint density at radius 1 is 1.00 bits per heavy atom. The van der Waals surface area contributed by atoms with E-state index >= 15 is 0 Å². The number of carbonyl (C=O) groups is 1. The van der Waals surface area contributed by atoms with Crippen LogP contribution in [0.3, 0.4) is 0 Å². The van der Waals surface area contributed by atoms with Crippen molar-refractivity contribution in [2.75, 3.05) is 23.3 Å². The molecule has 6 rings (SSSR count). The van der Waals surface area contributed by atoms with Crippen molar-refractivity contribution in [1.29, 1.82) is 0 Å². The van der Waals surface area contributed by atoms with Gasteiger partial charge in [0.1, 0.15) is 11.6 Å². The van der Waals surface area contributed by atoms with E-state index in [4.69, 9.17) is 15.2 Å². The molecule has 1 saturated heterocycles. The van der Waals surface area contributed by atoms with Crippen molar-refractivity contribution in [3.8, 4) is 22.5 Å².